The van der Waals surface area contributed by atoms with Gasteiger partial charge in [-0.2, -0.15) is 0 Å². The van der Waals surface area contributed by atoms with E-state index in [0.29, 0.717) is 17.9 Å². The lowest BCUT2D eigenvalue weighted by Crippen LogP contribution is -2.34. The van der Waals surface area contributed by atoms with Crippen molar-refractivity contribution in [2.45, 2.75) is 12.5 Å². The second-order valence-electron chi connectivity index (χ2n) is 5.89. The van der Waals surface area contributed by atoms with Crippen LogP contribution >= 0.6 is 0 Å². The Morgan fingerprint density at radius 3 is 2.64 bits per heavy atom. The van der Waals surface area contributed by atoms with Crippen LogP contribution < -0.4 is 10.1 Å². The molecule has 1 aliphatic rings. The zero-order chi connectivity index (χ0) is 17.1. The average Bonchev–Trinajstić information content (AvgIpc) is 3.10. The molecule has 0 saturated carbocycles. The molecule has 0 saturated heterocycles. The van der Waals surface area contributed by atoms with Crippen molar-refractivity contribution in [3.05, 3.63) is 78.1 Å². The largest absolute Gasteiger partial charge is 0.487 e. The van der Waals surface area contributed by atoms with E-state index in [1.54, 1.807) is 30.6 Å². The third-order valence-corrected chi connectivity index (χ3v) is 4.16. The number of para-hydroxylation sites is 1. The fourth-order valence-corrected chi connectivity index (χ4v) is 2.96. The predicted octanol–water partition coefficient (Wildman–Crippen LogP) is 2.88. The monoisotopic (exact) mass is 331 g/mol. The van der Waals surface area contributed by atoms with Crippen LogP contribution in [0.3, 0.4) is 0 Å². The first-order valence-electron chi connectivity index (χ1n) is 8.20. The lowest BCUT2D eigenvalue weighted by atomic mass is 10.1. The number of benzene rings is 2. The van der Waals surface area contributed by atoms with Gasteiger partial charge in [0.25, 0.3) is 5.91 Å². The summed E-state index contributed by atoms with van der Waals surface area (Å²) in [5.74, 6) is 1.37. The molecular formula is C20H17N3O2. The van der Waals surface area contributed by atoms with E-state index in [2.05, 4.69) is 15.3 Å². The fourth-order valence-electron chi connectivity index (χ4n) is 2.96. The van der Waals surface area contributed by atoms with Crippen LogP contribution in [0.2, 0.25) is 0 Å². The number of nitrogens with zero attached hydrogens (tertiary/aromatic N) is 2. The van der Waals surface area contributed by atoms with E-state index in [-0.39, 0.29) is 12.0 Å². The summed E-state index contributed by atoms with van der Waals surface area (Å²) in [5.41, 5.74) is 2.65. The summed E-state index contributed by atoms with van der Waals surface area (Å²) in [6, 6.07) is 17.0. The van der Waals surface area contributed by atoms with Crippen molar-refractivity contribution < 1.29 is 9.53 Å². The van der Waals surface area contributed by atoms with Crippen LogP contribution in [-0.4, -0.2) is 28.5 Å². The minimum atomic E-state index is -0.0910. The van der Waals surface area contributed by atoms with Crippen LogP contribution in [0.1, 0.15) is 15.9 Å². The lowest BCUT2D eigenvalue weighted by Gasteiger charge is -2.13. The molecule has 1 aliphatic heterocycles. The molecule has 1 N–H and O–H groups in total. The highest BCUT2D eigenvalue weighted by molar-refractivity contribution is 5.94. The van der Waals surface area contributed by atoms with E-state index in [4.69, 9.17) is 4.74 Å². The number of carbonyl (C=O) groups excluding carboxylic acids is 1. The minimum absolute atomic E-state index is 0.0903. The number of hydrogen-bond acceptors (Lipinski definition) is 4. The maximum absolute atomic E-state index is 12.2. The van der Waals surface area contributed by atoms with Crippen molar-refractivity contribution in [3.63, 3.8) is 0 Å². The Bertz CT molecular complexity index is 882. The Morgan fingerprint density at radius 1 is 1.04 bits per heavy atom. The van der Waals surface area contributed by atoms with E-state index in [9.17, 15) is 4.79 Å². The van der Waals surface area contributed by atoms with Gasteiger partial charge < -0.3 is 10.1 Å². The summed E-state index contributed by atoms with van der Waals surface area (Å²) in [4.78, 5) is 20.8. The molecule has 0 aliphatic carbocycles. The molecule has 1 atom stereocenters. The third-order valence-electron chi connectivity index (χ3n) is 4.16. The topological polar surface area (TPSA) is 64.1 Å². The number of nitrogens with one attached hydrogen (secondary N) is 1. The van der Waals surface area contributed by atoms with Gasteiger partial charge in [-0.15, -0.1) is 0 Å². The van der Waals surface area contributed by atoms with E-state index >= 15 is 0 Å². The van der Waals surface area contributed by atoms with Crippen molar-refractivity contribution in [3.8, 4) is 17.1 Å². The summed E-state index contributed by atoms with van der Waals surface area (Å²) in [6.45, 7) is 0.456. The highest BCUT2D eigenvalue weighted by Crippen LogP contribution is 2.37. The molecule has 25 heavy (non-hydrogen) atoms. The highest BCUT2D eigenvalue weighted by Gasteiger charge is 2.26. The van der Waals surface area contributed by atoms with E-state index in [1.165, 1.54) is 0 Å². The van der Waals surface area contributed by atoms with Crippen LogP contribution in [0, 0.1) is 0 Å². The van der Waals surface area contributed by atoms with Crippen LogP contribution in [0.25, 0.3) is 11.4 Å². The number of carbonyl (C=O) groups is 1. The minimum Gasteiger partial charge on any atom is -0.487 e. The van der Waals surface area contributed by atoms with Crippen molar-refractivity contribution in [2.75, 3.05) is 6.54 Å². The maximum Gasteiger partial charge on any atom is 0.251 e. The van der Waals surface area contributed by atoms with Crippen molar-refractivity contribution >= 4 is 5.91 Å². The SMILES string of the molecule is O=C(NCC1Cc2cccc(-c3ncccn3)c2O1)c1ccccc1. The molecule has 2 heterocycles. The molecular weight excluding hydrogens is 314 g/mol. The smallest absolute Gasteiger partial charge is 0.251 e. The zero-order valence-electron chi connectivity index (χ0n) is 13.6. The van der Waals surface area contributed by atoms with Gasteiger partial charge in [-0.25, -0.2) is 9.97 Å². The van der Waals surface area contributed by atoms with Crippen molar-refractivity contribution in [2.24, 2.45) is 0 Å². The van der Waals surface area contributed by atoms with E-state index < -0.39 is 0 Å². The molecule has 2 aromatic carbocycles. The third kappa shape index (κ3) is 3.21. The highest BCUT2D eigenvalue weighted by atomic mass is 16.5. The number of ether oxygens (including phenoxy) is 1. The van der Waals surface area contributed by atoms with Crippen LogP contribution in [0.4, 0.5) is 0 Å². The normalized spacial score (nSPS) is 15.3. The summed E-state index contributed by atoms with van der Waals surface area (Å²) in [5, 5.41) is 2.94. The summed E-state index contributed by atoms with van der Waals surface area (Å²) in [7, 11) is 0. The average molecular weight is 331 g/mol. The Balaban J connectivity index is 1.46. The molecule has 5 heteroatoms. The molecule has 3 aromatic rings. The lowest BCUT2D eigenvalue weighted by molar-refractivity contribution is 0.0933. The van der Waals surface area contributed by atoms with Crippen molar-refractivity contribution in [1.29, 1.82) is 0 Å². The number of hydrogen-bond donors (Lipinski definition) is 1. The van der Waals surface area contributed by atoms with Gasteiger partial charge in [0.1, 0.15) is 11.9 Å². The second-order valence-corrected chi connectivity index (χ2v) is 5.89. The fraction of sp³-hybridized carbons (Fsp3) is 0.150. The molecule has 1 amide bonds. The van der Waals surface area contributed by atoms with Gasteiger partial charge in [0.15, 0.2) is 5.82 Å². The molecule has 4 rings (SSSR count). The number of rotatable bonds is 4. The number of fused-ring (bicyclic) bond motifs is 1. The Kier molecular flexibility index (Phi) is 4.12. The molecule has 0 bridgehead atoms. The molecule has 1 aromatic heterocycles. The zero-order valence-corrected chi connectivity index (χ0v) is 13.6. The van der Waals surface area contributed by atoms with Crippen LogP contribution in [0.15, 0.2) is 67.0 Å². The van der Waals surface area contributed by atoms with Crippen LogP contribution in [-0.2, 0) is 6.42 Å². The molecule has 0 spiro atoms. The molecule has 124 valence electrons. The predicted molar refractivity (Wildman–Crippen MR) is 94.4 cm³/mol. The molecule has 5 nitrogen and oxygen atoms in total. The van der Waals surface area contributed by atoms with Gasteiger partial charge in [0.05, 0.1) is 12.1 Å². The van der Waals surface area contributed by atoms with Gasteiger partial charge in [0, 0.05) is 24.4 Å². The second kappa shape index (κ2) is 6.73. The molecule has 0 radical (unpaired) electrons. The first-order chi connectivity index (χ1) is 12.3. The van der Waals surface area contributed by atoms with Gasteiger partial charge >= 0.3 is 0 Å². The van der Waals surface area contributed by atoms with Crippen molar-refractivity contribution in [1.82, 2.24) is 15.3 Å². The number of amides is 1. The summed E-state index contributed by atoms with van der Waals surface area (Å²) >= 11 is 0. The Hall–Kier alpha value is -3.21. The first kappa shape index (κ1) is 15.3. The number of aromatic nitrogens is 2. The quantitative estimate of drug-likeness (QED) is 0.798. The maximum atomic E-state index is 12.2. The van der Waals surface area contributed by atoms with Gasteiger partial charge in [-0.05, 0) is 29.8 Å². The standard InChI is InChI=1S/C20H17N3O2/c24-20(14-6-2-1-3-7-14)23-13-16-12-15-8-4-9-17(18(15)25-16)19-21-10-5-11-22-19/h1-11,16H,12-13H2,(H,23,24). The van der Waals surface area contributed by atoms with Gasteiger partial charge in [-0.1, -0.05) is 30.3 Å². The van der Waals surface area contributed by atoms with Gasteiger partial charge in [-0.3, -0.25) is 4.79 Å². The van der Waals surface area contributed by atoms with E-state index in [1.807, 2.05) is 36.4 Å². The molecule has 1 unspecified atom stereocenters. The summed E-state index contributed by atoms with van der Waals surface area (Å²) in [6.07, 6.45) is 4.10. The van der Waals surface area contributed by atoms with E-state index in [0.717, 1.165) is 23.3 Å². The van der Waals surface area contributed by atoms with Gasteiger partial charge in [0.2, 0.25) is 0 Å². The Morgan fingerprint density at radius 2 is 1.84 bits per heavy atom. The first-order valence-corrected chi connectivity index (χ1v) is 8.20. The Labute approximate surface area is 145 Å². The molecule has 0 fully saturated rings. The summed E-state index contributed by atoms with van der Waals surface area (Å²) < 4.78 is 6.08. The van der Waals surface area contributed by atoms with Crippen LogP contribution in [0.5, 0.6) is 5.75 Å².